The van der Waals surface area contributed by atoms with E-state index in [0.29, 0.717) is 12.4 Å². The van der Waals surface area contributed by atoms with E-state index in [4.69, 9.17) is 9.84 Å². The van der Waals surface area contributed by atoms with E-state index >= 15 is 0 Å². The Morgan fingerprint density at radius 1 is 1.00 bits per heavy atom. The minimum Gasteiger partial charge on any atom is -0.497 e. The highest BCUT2D eigenvalue weighted by Gasteiger charge is 2.16. The van der Waals surface area contributed by atoms with Crippen molar-refractivity contribution in [2.24, 2.45) is 4.99 Å². The number of carboxylic acids is 1. The first-order chi connectivity index (χ1) is 16.6. The van der Waals surface area contributed by atoms with Gasteiger partial charge in [0.1, 0.15) is 5.75 Å². The maximum absolute atomic E-state index is 11.0. The lowest BCUT2D eigenvalue weighted by Gasteiger charge is -2.06. The van der Waals surface area contributed by atoms with Crippen LogP contribution in [0.5, 0.6) is 5.75 Å². The van der Waals surface area contributed by atoms with Gasteiger partial charge in [-0.05, 0) is 57.8 Å². The third-order valence-corrected chi connectivity index (χ3v) is 5.63. The van der Waals surface area contributed by atoms with Crippen molar-refractivity contribution in [2.45, 2.75) is 13.0 Å². The van der Waals surface area contributed by atoms with Gasteiger partial charge >= 0.3 is 5.97 Å². The number of carbonyl (C=O) groups is 1. The Balaban J connectivity index is 1.28. The predicted molar refractivity (Wildman–Crippen MR) is 128 cm³/mol. The molecule has 1 aliphatic rings. The summed E-state index contributed by atoms with van der Waals surface area (Å²) < 4.78 is 5.24. The summed E-state index contributed by atoms with van der Waals surface area (Å²) in [7, 11) is 1.66. The van der Waals surface area contributed by atoms with E-state index in [1.54, 1.807) is 31.4 Å². The van der Waals surface area contributed by atoms with E-state index in [1.807, 2.05) is 54.7 Å². The number of aromatic nitrogens is 4. The SMILES string of the molecule is COc1ccc(C2=CN=C(c3cccc(-c4nnn(Cc5ccc(C(=O)O)cc5)n4)c3)C2)cc1. The standard InChI is InChI=1S/C26H21N5O3/c1-34-23-11-9-18(10-12-23)22-14-24(27-15-22)20-3-2-4-21(13-20)25-28-30-31(29-25)16-17-5-7-19(8-6-17)26(32)33/h2-13,15H,14,16H2,1H3,(H,32,33). The number of hydrogen-bond donors (Lipinski definition) is 1. The molecule has 0 radical (unpaired) electrons. The van der Waals surface area contributed by atoms with Crippen LogP contribution in [-0.2, 0) is 6.54 Å². The molecule has 1 aliphatic heterocycles. The smallest absolute Gasteiger partial charge is 0.335 e. The number of hydrogen-bond acceptors (Lipinski definition) is 6. The third kappa shape index (κ3) is 4.47. The summed E-state index contributed by atoms with van der Waals surface area (Å²) in [6, 6.07) is 22.6. The molecule has 5 rings (SSSR count). The Morgan fingerprint density at radius 3 is 2.50 bits per heavy atom. The van der Waals surface area contributed by atoms with Gasteiger partial charge in [0.15, 0.2) is 0 Å². The van der Waals surface area contributed by atoms with Crippen LogP contribution in [0.4, 0.5) is 0 Å². The van der Waals surface area contributed by atoms with Crippen LogP contribution in [0, 0.1) is 0 Å². The molecule has 1 aromatic heterocycles. The number of carboxylic acid groups (broad SMARTS) is 1. The van der Waals surface area contributed by atoms with E-state index in [2.05, 4.69) is 20.4 Å². The Bertz CT molecular complexity index is 1400. The normalized spacial score (nSPS) is 12.9. The van der Waals surface area contributed by atoms with Gasteiger partial charge < -0.3 is 9.84 Å². The summed E-state index contributed by atoms with van der Waals surface area (Å²) in [5.74, 6) is 0.394. The molecule has 8 nitrogen and oxygen atoms in total. The van der Waals surface area contributed by atoms with Gasteiger partial charge in [-0.25, -0.2) is 4.79 Å². The van der Waals surface area contributed by atoms with E-state index in [0.717, 1.165) is 45.7 Å². The number of nitrogens with zero attached hydrogens (tertiary/aromatic N) is 5. The lowest BCUT2D eigenvalue weighted by atomic mass is 9.98. The molecule has 1 N–H and O–H groups in total. The number of methoxy groups -OCH3 is 1. The molecule has 3 aromatic carbocycles. The van der Waals surface area contributed by atoms with Crippen LogP contribution in [0.25, 0.3) is 17.0 Å². The second-order valence-corrected chi connectivity index (χ2v) is 7.86. The van der Waals surface area contributed by atoms with Gasteiger partial charge in [-0.15, -0.1) is 10.2 Å². The molecule has 168 valence electrons. The fraction of sp³-hybridized carbons (Fsp3) is 0.115. The van der Waals surface area contributed by atoms with Gasteiger partial charge in [0, 0.05) is 18.2 Å². The molecule has 4 aromatic rings. The maximum Gasteiger partial charge on any atom is 0.335 e. The summed E-state index contributed by atoms with van der Waals surface area (Å²) in [6.45, 7) is 0.397. The minimum absolute atomic E-state index is 0.243. The molecule has 0 aliphatic carbocycles. The highest BCUT2D eigenvalue weighted by Crippen LogP contribution is 2.28. The van der Waals surface area contributed by atoms with Crippen LogP contribution in [0.2, 0.25) is 0 Å². The molecule has 0 spiro atoms. The highest BCUT2D eigenvalue weighted by molar-refractivity contribution is 6.09. The zero-order valence-corrected chi connectivity index (χ0v) is 18.4. The first-order valence-electron chi connectivity index (χ1n) is 10.7. The number of tetrazole rings is 1. The molecule has 0 bridgehead atoms. The molecule has 8 heteroatoms. The van der Waals surface area contributed by atoms with E-state index in [9.17, 15) is 4.79 Å². The molecule has 0 saturated carbocycles. The number of rotatable bonds is 7. The van der Waals surface area contributed by atoms with Gasteiger partial charge in [-0.1, -0.05) is 42.5 Å². The maximum atomic E-state index is 11.0. The zero-order chi connectivity index (χ0) is 23.5. The van der Waals surface area contributed by atoms with Gasteiger partial charge in [0.25, 0.3) is 0 Å². The molecular weight excluding hydrogens is 430 g/mol. The number of allylic oxidation sites excluding steroid dienone is 1. The predicted octanol–water partition coefficient (Wildman–Crippen LogP) is 4.33. The Kier molecular flexibility index (Phi) is 5.70. The second kappa shape index (κ2) is 9.11. The monoisotopic (exact) mass is 451 g/mol. The van der Waals surface area contributed by atoms with Crippen molar-refractivity contribution in [1.29, 1.82) is 0 Å². The number of aliphatic imine (C=N–C) groups is 1. The number of aromatic carboxylic acids is 1. The van der Waals surface area contributed by atoms with E-state index in [1.165, 1.54) is 4.80 Å². The molecular formula is C26H21N5O3. The summed E-state index contributed by atoms with van der Waals surface area (Å²) in [4.78, 5) is 17.1. The van der Waals surface area contributed by atoms with Crippen molar-refractivity contribution >= 4 is 17.3 Å². The molecule has 0 amide bonds. The van der Waals surface area contributed by atoms with Crippen molar-refractivity contribution < 1.29 is 14.6 Å². The number of ether oxygens (including phenoxy) is 1. The molecule has 0 saturated heterocycles. The summed E-state index contributed by atoms with van der Waals surface area (Å²) in [5, 5.41) is 21.9. The van der Waals surface area contributed by atoms with Gasteiger partial charge in [-0.3, -0.25) is 4.99 Å². The third-order valence-electron chi connectivity index (χ3n) is 5.63. The van der Waals surface area contributed by atoms with Crippen LogP contribution in [-0.4, -0.2) is 44.1 Å². The zero-order valence-electron chi connectivity index (χ0n) is 18.4. The molecule has 2 heterocycles. The summed E-state index contributed by atoms with van der Waals surface area (Å²) in [6.07, 6.45) is 2.65. The largest absolute Gasteiger partial charge is 0.497 e. The topological polar surface area (TPSA) is 102 Å². The van der Waals surface area contributed by atoms with Gasteiger partial charge in [-0.2, -0.15) is 4.80 Å². The van der Waals surface area contributed by atoms with Crippen molar-refractivity contribution in [2.75, 3.05) is 7.11 Å². The van der Waals surface area contributed by atoms with E-state index in [-0.39, 0.29) is 5.56 Å². The second-order valence-electron chi connectivity index (χ2n) is 7.86. The summed E-state index contributed by atoms with van der Waals surface area (Å²) >= 11 is 0. The van der Waals surface area contributed by atoms with Crippen LogP contribution < -0.4 is 4.74 Å². The fourth-order valence-corrected chi connectivity index (χ4v) is 3.77. The van der Waals surface area contributed by atoms with Crippen molar-refractivity contribution in [1.82, 2.24) is 20.2 Å². The summed E-state index contributed by atoms with van der Waals surface area (Å²) in [5.41, 5.74) is 6.26. The quantitative estimate of drug-likeness (QED) is 0.449. The molecule has 0 fully saturated rings. The Morgan fingerprint density at radius 2 is 1.76 bits per heavy atom. The van der Waals surface area contributed by atoms with Crippen molar-refractivity contribution in [3.8, 4) is 17.1 Å². The average Bonchev–Trinajstić information content (AvgIpc) is 3.55. The van der Waals surface area contributed by atoms with Crippen LogP contribution in [0.3, 0.4) is 0 Å². The first kappa shape index (κ1) is 21.3. The Hall–Kier alpha value is -4.59. The minimum atomic E-state index is -0.953. The van der Waals surface area contributed by atoms with Crippen LogP contribution in [0.15, 0.2) is 84.0 Å². The van der Waals surface area contributed by atoms with Crippen molar-refractivity contribution in [3.05, 3.63) is 101 Å². The fourth-order valence-electron chi connectivity index (χ4n) is 3.77. The molecule has 0 atom stereocenters. The van der Waals surface area contributed by atoms with E-state index < -0.39 is 5.97 Å². The molecule has 34 heavy (non-hydrogen) atoms. The molecule has 0 unspecified atom stereocenters. The lowest BCUT2D eigenvalue weighted by Crippen LogP contribution is -2.05. The van der Waals surface area contributed by atoms with Crippen molar-refractivity contribution in [3.63, 3.8) is 0 Å². The number of benzene rings is 3. The average molecular weight is 451 g/mol. The first-order valence-corrected chi connectivity index (χ1v) is 10.7. The van der Waals surface area contributed by atoms with Gasteiger partial charge in [0.2, 0.25) is 5.82 Å². The van der Waals surface area contributed by atoms with Crippen LogP contribution in [0.1, 0.15) is 33.5 Å². The van der Waals surface area contributed by atoms with Crippen LogP contribution >= 0.6 is 0 Å². The Labute approximate surface area is 195 Å². The highest BCUT2D eigenvalue weighted by atomic mass is 16.5. The van der Waals surface area contributed by atoms with Gasteiger partial charge in [0.05, 0.1) is 24.9 Å². The lowest BCUT2D eigenvalue weighted by molar-refractivity contribution is 0.0697.